The van der Waals surface area contributed by atoms with Crippen LogP contribution in [0.1, 0.15) is 18.0 Å². The van der Waals surface area contributed by atoms with Crippen molar-refractivity contribution < 1.29 is 9.59 Å². The SMILES string of the molecule is CN1C(=O)CC(=O)C1c1ccccc1N. The lowest BCUT2D eigenvalue weighted by molar-refractivity contribution is -0.127. The summed E-state index contributed by atoms with van der Waals surface area (Å²) in [6.45, 7) is 0. The zero-order chi connectivity index (χ0) is 11.0. The Bertz CT molecular complexity index is 428. The van der Waals surface area contributed by atoms with Gasteiger partial charge in [0, 0.05) is 18.3 Å². The number of nitrogens with two attached hydrogens (primary N) is 1. The van der Waals surface area contributed by atoms with Crippen molar-refractivity contribution in [3.05, 3.63) is 29.8 Å². The number of nitrogen functional groups attached to an aromatic ring is 1. The van der Waals surface area contributed by atoms with E-state index in [9.17, 15) is 9.59 Å². The van der Waals surface area contributed by atoms with Gasteiger partial charge in [-0.15, -0.1) is 0 Å². The molecule has 0 saturated carbocycles. The summed E-state index contributed by atoms with van der Waals surface area (Å²) in [6.07, 6.45) is -0.0184. The molecule has 2 N–H and O–H groups in total. The normalized spacial score (nSPS) is 21.1. The predicted molar refractivity (Wildman–Crippen MR) is 56.0 cm³/mol. The third-order valence-electron chi connectivity index (χ3n) is 2.70. The molecule has 1 amide bonds. The van der Waals surface area contributed by atoms with E-state index in [0.717, 1.165) is 5.56 Å². The number of likely N-dealkylation sites (N-methyl/N-ethyl adjacent to an activating group) is 1. The first-order chi connectivity index (χ1) is 7.11. The van der Waals surface area contributed by atoms with Gasteiger partial charge in [-0.25, -0.2) is 0 Å². The minimum absolute atomic E-state index is 0.0184. The largest absolute Gasteiger partial charge is 0.398 e. The van der Waals surface area contributed by atoms with Gasteiger partial charge < -0.3 is 10.6 Å². The van der Waals surface area contributed by atoms with Gasteiger partial charge in [-0.2, -0.15) is 0 Å². The molecule has 1 heterocycles. The lowest BCUT2D eigenvalue weighted by Crippen LogP contribution is -2.25. The van der Waals surface area contributed by atoms with Gasteiger partial charge in [-0.05, 0) is 6.07 Å². The highest BCUT2D eigenvalue weighted by atomic mass is 16.2. The highest BCUT2D eigenvalue weighted by molar-refractivity contribution is 6.08. The van der Waals surface area contributed by atoms with Crippen LogP contribution in [0.15, 0.2) is 24.3 Å². The number of nitrogens with zero attached hydrogens (tertiary/aromatic N) is 1. The first-order valence-electron chi connectivity index (χ1n) is 4.74. The van der Waals surface area contributed by atoms with Crippen LogP contribution in [0, 0.1) is 0 Å². The summed E-state index contributed by atoms with van der Waals surface area (Å²) in [6, 6.07) is 6.64. The van der Waals surface area contributed by atoms with E-state index in [0.29, 0.717) is 5.69 Å². The Morgan fingerprint density at radius 1 is 1.33 bits per heavy atom. The van der Waals surface area contributed by atoms with Crippen molar-refractivity contribution >= 4 is 17.4 Å². The smallest absolute Gasteiger partial charge is 0.230 e. The molecule has 0 aromatic heterocycles. The lowest BCUT2D eigenvalue weighted by atomic mass is 10.0. The number of anilines is 1. The van der Waals surface area contributed by atoms with Crippen LogP contribution in [0.25, 0.3) is 0 Å². The Labute approximate surface area is 87.7 Å². The molecule has 1 fully saturated rings. The lowest BCUT2D eigenvalue weighted by Gasteiger charge is -2.19. The quantitative estimate of drug-likeness (QED) is 0.542. The van der Waals surface area contributed by atoms with Gasteiger partial charge in [-0.3, -0.25) is 9.59 Å². The van der Waals surface area contributed by atoms with Gasteiger partial charge in [0.15, 0.2) is 5.78 Å². The van der Waals surface area contributed by atoms with E-state index in [4.69, 9.17) is 5.73 Å². The zero-order valence-corrected chi connectivity index (χ0v) is 8.43. The summed E-state index contributed by atoms with van der Waals surface area (Å²) < 4.78 is 0. The van der Waals surface area contributed by atoms with Crippen LogP contribution in [-0.2, 0) is 9.59 Å². The number of para-hydroxylation sites is 1. The number of hydrogen-bond acceptors (Lipinski definition) is 3. The highest BCUT2D eigenvalue weighted by Gasteiger charge is 2.37. The molecular formula is C11H12N2O2. The summed E-state index contributed by atoms with van der Waals surface area (Å²) in [4.78, 5) is 24.4. The summed E-state index contributed by atoms with van der Waals surface area (Å²) in [7, 11) is 1.63. The van der Waals surface area contributed by atoms with Crippen molar-refractivity contribution in [3.63, 3.8) is 0 Å². The molecule has 1 aliphatic heterocycles. The number of benzene rings is 1. The average Bonchev–Trinajstić information content (AvgIpc) is 2.43. The molecule has 1 aromatic rings. The molecule has 1 saturated heterocycles. The number of Topliss-reactive ketones (excluding diaryl/α,β-unsaturated/α-hetero) is 1. The van der Waals surface area contributed by atoms with E-state index in [1.54, 1.807) is 25.2 Å². The predicted octanol–water partition coefficient (Wildman–Crippen LogP) is 0.741. The third kappa shape index (κ3) is 1.48. The Morgan fingerprint density at radius 2 is 2.00 bits per heavy atom. The summed E-state index contributed by atoms with van der Waals surface area (Å²) in [5, 5.41) is 0. The van der Waals surface area contributed by atoms with Gasteiger partial charge in [0.25, 0.3) is 0 Å². The molecular weight excluding hydrogens is 192 g/mol. The number of ketones is 1. The second-order valence-electron chi connectivity index (χ2n) is 3.68. The zero-order valence-electron chi connectivity index (χ0n) is 8.43. The van der Waals surface area contributed by atoms with Gasteiger partial charge in [0.1, 0.15) is 6.04 Å². The fourth-order valence-electron chi connectivity index (χ4n) is 1.87. The molecule has 1 atom stereocenters. The van der Waals surface area contributed by atoms with E-state index in [2.05, 4.69) is 0 Å². The summed E-state index contributed by atoms with van der Waals surface area (Å²) >= 11 is 0. The number of carbonyl (C=O) groups is 2. The first kappa shape index (κ1) is 9.71. The van der Waals surface area contributed by atoms with Crippen LogP contribution in [-0.4, -0.2) is 23.6 Å². The molecule has 4 nitrogen and oxygen atoms in total. The minimum Gasteiger partial charge on any atom is -0.398 e. The van der Waals surface area contributed by atoms with E-state index in [-0.39, 0.29) is 18.1 Å². The molecule has 0 aliphatic carbocycles. The Morgan fingerprint density at radius 3 is 2.53 bits per heavy atom. The van der Waals surface area contributed by atoms with Crippen LogP contribution in [0.2, 0.25) is 0 Å². The van der Waals surface area contributed by atoms with Crippen LogP contribution >= 0.6 is 0 Å². The number of rotatable bonds is 1. The summed E-state index contributed by atoms with van der Waals surface area (Å²) in [5.74, 6) is -0.228. The topological polar surface area (TPSA) is 63.4 Å². The van der Waals surface area contributed by atoms with Crippen molar-refractivity contribution in [2.75, 3.05) is 12.8 Å². The van der Waals surface area contributed by atoms with Crippen molar-refractivity contribution in [2.45, 2.75) is 12.5 Å². The van der Waals surface area contributed by atoms with Crippen molar-refractivity contribution in [1.29, 1.82) is 0 Å². The number of carbonyl (C=O) groups excluding carboxylic acids is 2. The maximum absolute atomic E-state index is 11.6. The number of likely N-dealkylation sites (tertiary alicyclic amines) is 1. The summed E-state index contributed by atoms with van der Waals surface area (Å²) in [5.41, 5.74) is 7.05. The van der Waals surface area contributed by atoms with E-state index < -0.39 is 6.04 Å². The standard InChI is InChI=1S/C11H12N2O2/c1-13-10(15)6-9(14)11(13)7-4-2-3-5-8(7)12/h2-5,11H,6,12H2,1H3. The Balaban J connectivity index is 2.43. The van der Waals surface area contributed by atoms with E-state index in [1.165, 1.54) is 4.90 Å². The maximum atomic E-state index is 11.6. The molecule has 2 rings (SSSR count). The molecule has 0 spiro atoms. The molecule has 0 bridgehead atoms. The Hall–Kier alpha value is -1.84. The van der Waals surface area contributed by atoms with Crippen LogP contribution in [0.4, 0.5) is 5.69 Å². The monoisotopic (exact) mass is 204 g/mol. The van der Waals surface area contributed by atoms with Crippen molar-refractivity contribution in [1.82, 2.24) is 4.90 Å². The molecule has 1 aromatic carbocycles. The minimum atomic E-state index is -0.501. The molecule has 0 radical (unpaired) electrons. The average molecular weight is 204 g/mol. The van der Waals surface area contributed by atoms with Gasteiger partial charge >= 0.3 is 0 Å². The van der Waals surface area contributed by atoms with Crippen molar-refractivity contribution in [2.24, 2.45) is 0 Å². The molecule has 78 valence electrons. The van der Waals surface area contributed by atoms with Gasteiger partial charge in [0.2, 0.25) is 5.91 Å². The molecule has 1 aliphatic rings. The maximum Gasteiger partial charge on any atom is 0.230 e. The second-order valence-corrected chi connectivity index (χ2v) is 3.68. The number of hydrogen-bond donors (Lipinski definition) is 1. The third-order valence-corrected chi connectivity index (χ3v) is 2.70. The Kier molecular flexibility index (Phi) is 2.19. The van der Waals surface area contributed by atoms with Crippen LogP contribution in [0.3, 0.4) is 0 Å². The fraction of sp³-hybridized carbons (Fsp3) is 0.273. The van der Waals surface area contributed by atoms with Gasteiger partial charge in [-0.1, -0.05) is 18.2 Å². The second kappa shape index (κ2) is 3.38. The van der Waals surface area contributed by atoms with E-state index in [1.807, 2.05) is 6.07 Å². The first-order valence-corrected chi connectivity index (χ1v) is 4.74. The fourth-order valence-corrected chi connectivity index (χ4v) is 1.87. The molecule has 4 heteroatoms. The highest BCUT2D eigenvalue weighted by Crippen LogP contribution is 2.31. The van der Waals surface area contributed by atoms with Crippen molar-refractivity contribution in [3.8, 4) is 0 Å². The van der Waals surface area contributed by atoms with E-state index >= 15 is 0 Å². The molecule has 15 heavy (non-hydrogen) atoms. The van der Waals surface area contributed by atoms with Crippen LogP contribution < -0.4 is 5.73 Å². The van der Waals surface area contributed by atoms with Gasteiger partial charge in [0.05, 0.1) is 6.42 Å². The molecule has 1 unspecified atom stereocenters. The van der Waals surface area contributed by atoms with Crippen LogP contribution in [0.5, 0.6) is 0 Å². The number of amides is 1.